The van der Waals surface area contributed by atoms with Gasteiger partial charge in [-0.05, 0) is 40.6 Å². The molecule has 0 saturated carbocycles. The van der Waals surface area contributed by atoms with Crippen molar-refractivity contribution in [2.75, 3.05) is 11.9 Å². The van der Waals surface area contributed by atoms with Crippen molar-refractivity contribution in [3.8, 4) is 0 Å². The van der Waals surface area contributed by atoms with Gasteiger partial charge in [-0.25, -0.2) is 13.4 Å². The first-order chi connectivity index (χ1) is 15.9. The van der Waals surface area contributed by atoms with Crippen LogP contribution in [0.4, 0.5) is 5.82 Å². The number of sulfone groups is 1. The Morgan fingerprint density at radius 2 is 1.76 bits per heavy atom. The summed E-state index contributed by atoms with van der Waals surface area (Å²) < 4.78 is 29.4. The molecule has 5 rings (SSSR count). The van der Waals surface area contributed by atoms with Crippen molar-refractivity contribution in [1.82, 2.24) is 19.8 Å². The van der Waals surface area contributed by atoms with Gasteiger partial charge >= 0.3 is 0 Å². The summed E-state index contributed by atoms with van der Waals surface area (Å²) in [5.74, 6) is 1.01. The number of anilines is 1. The predicted octanol–water partition coefficient (Wildman–Crippen LogP) is 4.93. The minimum Gasteiger partial charge on any atom is -0.354 e. The number of hydrogen-bond donors (Lipinski definition) is 0. The standard InChI is InChI=1S/C24H23N5O2S2/c1-16(2)18-9-11-19(12-10-18)33(30,31)24-23-25-22(28(3)15-17-7-5-4-6-8-17)21-20(13-14-32-21)29(23)27-26-24/h4-14,16H,15H2,1-3H3. The Hall–Kier alpha value is -3.30. The average molecular weight is 478 g/mol. The maximum absolute atomic E-state index is 13.5. The number of aromatic nitrogens is 4. The molecule has 0 fully saturated rings. The fourth-order valence-corrected chi connectivity index (χ4v) is 5.97. The Morgan fingerprint density at radius 1 is 1.03 bits per heavy atom. The highest BCUT2D eigenvalue weighted by atomic mass is 32.2. The van der Waals surface area contributed by atoms with E-state index >= 15 is 0 Å². The van der Waals surface area contributed by atoms with Gasteiger partial charge in [0.25, 0.3) is 0 Å². The Labute approximate surface area is 196 Å². The third-order valence-electron chi connectivity index (χ3n) is 5.64. The van der Waals surface area contributed by atoms with Crippen LogP contribution in [0.3, 0.4) is 0 Å². The van der Waals surface area contributed by atoms with Crippen molar-refractivity contribution in [2.24, 2.45) is 0 Å². The smallest absolute Gasteiger partial charge is 0.229 e. The molecule has 168 valence electrons. The molecule has 0 radical (unpaired) electrons. The molecule has 7 nitrogen and oxygen atoms in total. The van der Waals surface area contributed by atoms with E-state index in [1.54, 1.807) is 23.5 Å². The van der Waals surface area contributed by atoms with Gasteiger partial charge in [-0.15, -0.1) is 16.4 Å². The normalized spacial score (nSPS) is 12.1. The maximum atomic E-state index is 13.5. The molecule has 0 N–H and O–H groups in total. The van der Waals surface area contributed by atoms with Gasteiger partial charge in [-0.3, -0.25) is 0 Å². The molecule has 9 heteroatoms. The second-order valence-electron chi connectivity index (χ2n) is 8.27. The van der Waals surface area contributed by atoms with Crippen molar-refractivity contribution in [3.63, 3.8) is 0 Å². The zero-order valence-corrected chi connectivity index (χ0v) is 20.1. The molecule has 33 heavy (non-hydrogen) atoms. The van der Waals surface area contributed by atoms with E-state index in [9.17, 15) is 8.42 Å². The molecule has 0 aliphatic heterocycles. The van der Waals surface area contributed by atoms with Gasteiger partial charge in [-0.2, -0.15) is 4.52 Å². The Morgan fingerprint density at radius 3 is 2.45 bits per heavy atom. The summed E-state index contributed by atoms with van der Waals surface area (Å²) in [4.78, 5) is 6.97. The van der Waals surface area contributed by atoms with E-state index in [2.05, 4.69) is 36.3 Å². The van der Waals surface area contributed by atoms with E-state index in [0.717, 1.165) is 21.3 Å². The minimum absolute atomic E-state index is 0.137. The molecule has 0 unspecified atom stereocenters. The van der Waals surface area contributed by atoms with Crippen LogP contribution in [0.1, 0.15) is 30.9 Å². The predicted molar refractivity (Wildman–Crippen MR) is 131 cm³/mol. The van der Waals surface area contributed by atoms with Gasteiger partial charge < -0.3 is 4.90 Å². The summed E-state index contributed by atoms with van der Waals surface area (Å²) in [5, 5.41) is 10.0. The molecule has 3 aromatic heterocycles. The van der Waals surface area contributed by atoms with E-state index in [1.165, 1.54) is 4.52 Å². The molecule has 0 saturated heterocycles. The first kappa shape index (κ1) is 21.5. The third-order valence-corrected chi connectivity index (χ3v) is 8.21. The molecular formula is C24H23N5O2S2. The molecule has 5 aromatic rings. The van der Waals surface area contributed by atoms with E-state index in [1.807, 2.05) is 53.7 Å². The van der Waals surface area contributed by atoms with E-state index in [4.69, 9.17) is 4.98 Å². The number of benzene rings is 2. The van der Waals surface area contributed by atoms with E-state index in [-0.39, 0.29) is 15.6 Å². The second-order valence-corrected chi connectivity index (χ2v) is 11.1. The lowest BCUT2D eigenvalue weighted by atomic mass is 10.0. The Balaban J connectivity index is 1.63. The first-order valence-corrected chi connectivity index (χ1v) is 13.0. The van der Waals surface area contributed by atoms with Crippen LogP contribution in [0.15, 0.2) is 76.0 Å². The van der Waals surface area contributed by atoms with Crippen LogP contribution in [0.25, 0.3) is 15.9 Å². The fraction of sp³-hybridized carbons (Fsp3) is 0.208. The number of rotatable bonds is 6. The summed E-state index contributed by atoms with van der Waals surface area (Å²) in [6.45, 7) is 4.77. The molecule has 0 amide bonds. The fourth-order valence-electron chi connectivity index (χ4n) is 3.82. The zero-order chi connectivity index (χ0) is 23.2. The van der Waals surface area contributed by atoms with Crippen molar-refractivity contribution in [1.29, 1.82) is 0 Å². The molecular weight excluding hydrogens is 454 g/mol. The molecule has 0 spiro atoms. The quantitative estimate of drug-likeness (QED) is 0.345. The molecule has 0 aliphatic carbocycles. The van der Waals surface area contributed by atoms with Crippen molar-refractivity contribution >= 4 is 42.9 Å². The van der Waals surface area contributed by atoms with Gasteiger partial charge in [-0.1, -0.05) is 61.5 Å². The minimum atomic E-state index is -3.89. The maximum Gasteiger partial charge on any atom is 0.229 e. The summed E-state index contributed by atoms with van der Waals surface area (Å²) in [5.41, 5.74) is 3.22. The monoisotopic (exact) mass is 477 g/mol. The van der Waals surface area contributed by atoms with Gasteiger partial charge in [0.05, 0.1) is 15.1 Å². The van der Waals surface area contributed by atoms with Gasteiger partial charge in [0.2, 0.25) is 14.9 Å². The lowest BCUT2D eigenvalue weighted by molar-refractivity contribution is 0.592. The molecule has 0 aliphatic rings. The highest BCUT2D eigenvalue weighted by Gasteiger charge is 2.28. The van der Waals surface area contributed by atoms with Crippen LogP contribution in [-0.4, -0.2) is 35.3 Å². The summed E-state index contributed by atoms with van der Waals surface area (Å²) >= 11 is 1.54. The van der Waals surface area contributed by atoms with Crippen LogP contribution in [0.2, 0.25) is 0 Å². The van der Waals surface area contributed by atoms with Gasteiger partial charge in [0.15, 0.2) is 11.5 Å². The summed E-state index contributed by atoms with van der Waals surface area (Å²) in [7, 11) is -1.94. The Kier molecular flexibility index (Phi) is 5.38. The highest BCUT2D eigenvalue weighted by molar-refractivity contribution is 7.91. The lowest BCUT2D eigenvalue weighted by Crippen LogP contribution is -2.18. The number of fused-ring (bicyclic) bond motifs is 3. The number of nitrogens with zero attached hydrogens (tertiary/aromatic N) is 5. The van der Waals surface area contributed by atoms with E-state index < -0.39 is 9.84 Å². The molecule has 2 aromatic carbocycles. The van der Waals surface area contributed by atoms with Crippen molar-refractivity contribution in [2.45, 2.75) is 36.2 Å². The largest absolute Gasteiger partial charge is 0.354 e. The van der Waals surface area contributed by atoms with Crippen LogP contribution >= 0.6 is 11.3 Å². The van der Waals surface area contributed by atoms with Crippen LogP contribution in [0.5, 0.6) is 0 Å². The van der Waals surface area contributed by atoms with E-state index in [0.29, 0.717) is 18.3 Å². The summed E-state index contributed by atoms with van der Waals surface area (Å²) in [6.07, 6.45) is 0. The summed E-state index contributed by atoms with van der Waals surface area (Å²) in [6, 6.07) is 18.9. The zero-order valence-electron chi connectivity index (χ0n) is 18.5. The highest BCUT2D eigenvalue weighted by Crippen LogP contribution is 2.33. The Bertz CT molecular complexity index is 1540. The van der Waals surface area contributed by atoms with Gasteiger partial charge in [0, 0.05) is 13.6 Å². The second kappa shape index (κ2) is 8.24. The number of thiophene rings is 1. The molecule has 0 atom stereocenters. The molecule has 0 bridgehead atoms. The van der Waals surface area contributed by atoms with Crippen molar-refractivity contribution < 1.29 is 8.42 Å². The molecule has 3 heterocycles. The number of hydrogen-bond acceptors (Lipinski definition) is 7. The SMILES string of the molecule is CC(C)c1ccc(S(=O)(=O)c2nnn3c2nc(N(C)Cc2ccccc2)c2sccc23)cc1. The lowest BCUT2D eigenvalue weighted by Gasteiger charge is -2.19. The van der Waals surface area contributed by atoms with Gasteiger partial charge in [0.1, 0.15) is 0 Å². The topological polar surface area (TPSA) is 80.5 Å². The van der Waals surface area contributed by atoms with Crippen LogP contribution in [-0.2, 0) is 16.4 Å². The third kappa shape index (κ3) is 3.77. The first-order valence-electron chi connectivity index (χ1n) is 10.6. The van der Waals surface area contributed by atoms with Crippen LogP contribution in [0, 0.1) is 0 Å². The average Bonchev–Trinajstić information content (AvgIpc) is 3.46. The van der Waals surface area contributed by atoms with Crippen LogP contribution < -0.4 is 4.90 Å². The van der Waals surface area contributed by atoms with Crippen molar-refractivity contribution in [3.05, 3.63) is 77.2 Å².